The SMILES string of the molecule is CN(c1ccc(Br)cc1)c1ccccc1C=O. The Bertz CT molecular complexity index is 522. The van der Waals surface area contributed by atoms with Crippen molar-refractivity contribution in [2.45, 2.75) is 0 Å². The maximum absolute atomic E-state index is 11.0. The number of benzene rings is 2. The molecule has 0 fully saturated rings. The van der Waals surface area contributed by atoms with E-state index < -0.39 is 0 Å². The molecule has 0 radical (unpaired) electrons. The van der Waals surface area contributed by atoms with E-state index in [1.54, 1.807) is 0 Å². The van der Waals surface area contributed by atoms with Gasteiger partial charge in [0.25, 0.3) is 0 Å². The maximum Gasteiger partial charge on any atom is 0.152 e. The van der Waals surface area contributed by atoms with Gasteiger partial charge < -0.3 is 4.90 Å². The van der Waals surface area contributed by atoms with E-state index in [1.807, 2.05) is 60.5 Å². The van der Waals surface area contributed by atoms with Gasteiger partial charge >= 0.3 is 0 Å². The van der Waals surface area contributed by atoms with Crippen LogP contribution in [0.5, 0.6) is 0 Å². The van der Waals surface area contributed by atoms with Gasteiger partial charge in [0.15, 0.2) is 6.29 Å². The molecule has 0 saturated carbocycles. The van der Waals surface area contributed by atoms with Crippen molar-refractivity contribution in [1.82, 2.24) is 0 Å². The molecule has 0 amide bonds. The number of halogens is 1. The van der Waals surface area contributed by atoms with Gasteiger partial charge in [-0.25, -0.2) is 0 Å². The van der Waals surface area contributed by atoms with E-state index in [2.05, 4.69) is 15.9 Å². The normalized spacial score (nSPS) is 10.0. The molecule has 0 saturated heterocycles. The zero-order valence-electron chi connectivity index (χ0n) is 9.43. The summed E-state index contributed by atoms with van der Waals surface area (Å²) in [6.45, 7) is 0. The van der Waals surface area contributed by atoms with Crippen molar-refractivity contribution in [2.75, 3.05) is 11.9 Å². The topological polar surface area (TPSA) is 20.3 Å². The summed E-state index contributed by atoms with van der Waals surface area (Å²) in [5.41, 5.74) is 2.64. The number of nitrogens with zero attached hydrogens (tertiary/aromatic N) is 1. The Morgan fingerprint density at radius 1 is 1.06 bits per heavy atom. The first-order chi connectivity index (χ1) is 8.22. The summed E-state index contributed by atoms with van der Waals surface area (Å²) < 4.78 is 1.04. The zero-order chi connectivity index (χ0) is 12.3. The molecule has 3 heteroatoms. The summed E-state index contributed by atoms with van der Waals surface area (Å²) in [4.78, 5) is 13.0. The van der Waals surface area contributed by atoms with Crippen molar-refractivity contribution in [1.29, 1.82) is 0 Å². The van der Waals surface area contributed by atoms with Crippen molar-refractivity contribution in [3.8, 4) is 0 Å². The molecule has 0 aliphatic heterocycles. The second-order valence-corrected chi connectivity index (χ2v) is 4.63. The Morgan fingerprint density at radius 3 is 2.35 bits per heavy atom. The van der Waals surface area contributed by atoms with Crippen LogP contribution in [0.4, 0.5) is 11.4 Å². The fourth-order valence-corrected chi connectivity index (χ4v) is 1.96. The number of carbonyl (C=O) groups is 1. The fraction of sp³-hybridized carbons (Fsp3) is 0.0714. The van der Waals surface area contributed by atoms with Crippen LogP contribution in [0.25, 0.3) is 0 Å². The van der Waals surface area contributed by atoms with E-state index in [4.69, 9.17) is 0 Å². The van der Waals surface area contributed by atoms with Gasteiger partial charge in [-0.3, -0.25) is 4.79 Å². The minimum absolute atomic E-state index is 0.693. The molecule has 0 unspecified atom stereocenters. The molecule has 17 heavy (non-hydrogen) atoms. The molecule has 2 aromatic rings. The lowest BCUT2D eigenvalue weighted by Crippen LogP contribution is -2.11. The highest BCUT2D eigenvalue weighted by Gasteiger charge is 2.07. The minimum atomic E-state index is 0.693. The minimum Gasteiger partial charge on any atom is -0.344 e. The number of hydrogen-bond donors (Lipinski definition) is 0. The first-order valence-corrected chi connectivity index (χ1v) is 6.05. The molecule has 0 aromatic heterocycles. The van der Waals surface area contributed by atoms with Gasteiger partial charge in [0, 0.05) is 22.8 Å². The summed E-state index contributed by atoms with van der Waals surface area (Å²) >= 11 is 3.40. The summed E-state index contributed by atoms with van der Waals surface area (Å²) in [5.74, 6) is 0. The predicted octanol–water partition coefficient (Wildman–Crippen LogP) is 4.03. The van der Waals surface area contributed by atoms with E-state index in [0.29, 0.717) is 5.56 Å². The Kier molecular flexibility index (Phi) is 3.59. The van der Waals surface area contributed by atoms with Crippen LogP contribution in [-0.4, -0.2) is 13.3 Å². The molecule has 2 aromatic carbocycles. The molecule has 0 spiro atoms. The lowest BCUT2D eigenvalue weighted by molar-refractivity contribution is 0.112. The van der Waals surface area contributed by atoms with Crippen LogP contribution in [0.3, 0.4) is 0 Å². The second-order valence-electron chi connectivity index (χ2n) is 3.71. The Labute approximate surface area is 109 Å². The van der Waals surface area contributed by atoms with Crippen LogP contribution in [0.2, 0.25) is 0 Å². The van der Waals surface area contributed by atoms with Crippen LogP contribution >= 0.6 is 15.9 Å². The molecular weight excluding hydrogens is 278 g/mol. The van der Waals surface area contributed by atoms with Gasteiger partial charge in [-0.2, -0.15) is 0 Å². The van der Waals surface area contributed by atoms with Gasteiger partial charge in [-0.05, 0) is 36.4 Å². The van der Waals surface area contributed by atoms with Gasteiger partial charge in [0.1, 0.15) is 0 Å². The largest absolute Gasteiger partial charge is 0.344 e. The van der Waals surface area contributed by atoms with Crippen molar-refractivity contribution in [3.05, 3.63) is 58.6 Å². The lowest BCUT2D eigenvalue weighted by atomic mass is 10.1. The van der Waals surface area contributed by atoms with Crippen molar-refractivity contribution >= 4 is 33.6 Å². The molecule has 2 rings (SSSR count). The van der Waals surface area contributed by atoms with E-state index >= 15 is 0 Å². The van der Waals surface area contributed by atoms with E-state index in [1.165, 1.54) is 0 Å². The lowest BCUT2D eigenvalue weighted by Gasteiger charge is -2.21. The average molecular weight is 290 g/mol. The highest BCUT2D eigenvalue weighted by Crippen LogP contribution is 2.26. The number of aldehydes is 1. The van der Waals surface area contributed by atoms with Crippen LogP contribution in [0, 0.1) is 0 Å². The second kappa shape index (κ2) is 5.15. The van der Waals surface area contributed by atoms with E-state index in [9.17, 15) is 4.79 Å². The Hall–Kier alpha value is -1.61. The van der Waals surface area contributed by atoms with Crippen molar-refractivity contribution in [2.24, 2.45) is 0 Å². The quantitative estimate of drug-likeness (QED) is 0.795. The molecule has 0 aliphatic carbocycles. The zero-order valence-corrected chi connectivity index (χ0v) is 11.0. The van der Waals surface area contributed by atoms with Crippen LogP contribution in [-0.2, 0) is 0 Å². The van der Waals surface area contributed by atoms with E-state index in [-0.39, 0.29) is 0 Å². The monoisotopic (exact) mass is 289 g/mol. The molecule has 0 aliphatic rings. The summed E-state index contributed by atoms with van der Waals surface area (Å²) in [6.07, 6.45) is 0.880. The van der Waals surface area contributed by atoms with Crippen LogP contribution in [0.15, 0.2) is 53.0 Å². The molecule has 0 heterocycles. The number of hydrogen-bond acceptors (Lipinski definition) is 2. The number of rotatable bonds is 3. The molecule has 0 bridgehead atoms. The first kappa shape index (κ1) is 11.9. The predicted molar refractivity (Wildman–Crippen MR) is 74.0 cm³/mol. The maximum atomic E-state index is 11.0. The standard InChI is InChI=1S/C14H12BrNO/c1-16(13-8-6-12(15)7-9-13)14-5-3-2-4-11(14)10-17/h2-10H,1H3. The van der Waals surface area contributed by atoms with Crippen molar-refractivity contribution in [3.63, 3.8) is 0 Å². The van der Waals surface area contributed by atoms with E-state index in [0.717, 1.165) is 22.1 Å². The van der Waals surface area contributed by atoms with Gasteiger partial charge in [-0.15, -0.1) is 0 Å². The number of carbonyl (C=O) groups excluding carboxylic acids is 1. The molecule has 2 nitrogen and oxygen atoms in total. The van der Waals surface area contributed by atoms with Crippen LogP contribution in [0.1, 0.15) is 10.4 Å². The smallest absolute Gasteiger partial charge is 0.152 e. The highest BCUT2D eigenvalue weighted by atomic mass is 79.9. The van der Waals surface area contributed by atoms with Crippen molar-refractivity contribution < 1.29 is 4.79 Å². The highest BCUT2D eigenvalue weighted by molar-refractivity contribution is 9.10. The van der Waals surface area contributed by atoms with Crippen LogP contribution < -0.4 is 4.90 Å². The molecule has 86 valence electrons. The fourth-order valence-electron chi connectivity index (χ4n) is 1.70. The molecular formula is C14H12BrNO. The number of para-hydroxylation sites is 1. The third-order valence-electron chi connectivity index (χ3n) is 2.64. The Morgan fingerprint density at radius 2 is 1.71 bits per heavy atom. The molecule has 0 atom stereocenters. The van der Waals surface area contributed by atoms with Gasteiger partial charge in [0.05, 0.1) is 5.69 Å². The third-order valence-corrected chi connectivity index (χ3v) is 3.17. The summed E-state index contributed by atoms with van der Waals surface area (Å²) in [7, 11) is 1.95. The molecule has 0 N–H and O–H groups in total. The third kappa shape index (κ3) is 2.56. The number of anilines is 2. The summed E-state index contributed by atoms with van der Waals surface area (Å²) in [6, 6.07) is 15.5. The summed E-state index contributed by atoms with van der Waals surface area (Å²) in [5, 5.41) is 0. The first-order valence-electron chi connectivity index (χ1n) is 5.26. The average Bonchev–Trinajstić information content (AvgIpc) is 2.39. The Balaban J connectivity index is 2.39. The van der Waals surface area contributed by atoms with Gasteiger partial charge in [-0.1, -0.05) is 28.1 Å². The van der Waals surface area contributed by atoms with Gasteiger partial charge in [0.2, 0.25) is 0 Å².